The lowest BCUT2D eigenvalue weighted by Gasteiger charge is -2.06. The Bertz CT molecular complexity index is 521. The topological polar surface area (TPSA) is 60.2 Å². The highest BCUT2D eigenvalue weighted by molar-refractivity contribution is 5.56. The fraction of sp³-hybridized carbons (Fsp3) is 0.429. The quantitative estimate of drug-likeness (QED) is 0.866. The molecule has 1 aromatic heterocycles. The van der Waals surface area contributed by atoms with Crippen molar-refractivity contribution >= 4 is 0 Å². The number of nitrogens with one attached hydrogen (secondary N) is 1. The molecule has 2 rings (SSSR count). The zero-order valence-electron chi connectivity index (χ0n) is 11.5. The highest BCUT2D eigenvalue weighted by atomic mass is 16.5. The van der Waals surface area contributed by atoms with Crippen LogP contribution in [0.15, 0.2) is 28.8 Å². The Morgan fingerprint density at radius 3 is 2.89 bits per heavy atom. The van der Waals surface area contributed by atoms with Crippen molar-refractivity contribution in [2.75, 3.05) is 13.7 Å². The van der Waals surface area contributed by atoms with Gasteiger partial charge in [-0.15, -0.1) is 0 Å². The molecule has 1 aromatic carbocycles. The summed E-state index contributed by atoms with van der Waals surface area (Å²) < 4.78 is 10.8. The molecule has 0 fully saturated rings. The second kappa shape index (κ2) is 6.33. The zero-order chi connectivity index (χ0) is 13.7. The van der Waals surface area contributed by atoms with Crippen LogP contribution in [-0.2, 0) is 0 Å². The van der Waals surface area contributed by atoms with Gasteiger partial charge in [-0.1, -0.05) is 24.2 Å². The van der Waals surface area contributed by atoms with Crippen molar-refractivity contribution in [2.45, 2.75) is 26.3 Å². The summed E-state index contributed by atoms with van der Waals surface area (Å²) in [6.07, 6.45) is 0.900. The van der Waals surface area contributed by atoms with E-state index in [1.54, 1.807) is 0 Å². The van der Waals surface area contributed by atoms with Gasteiger partial charge in [0.15, 0.2) is 0 Å². The zero-order valence-corrected chi connectivity index (χ0v) is 11.5. The van der Waals surface area contributed by atoms with Crippen LogP contribution < -0.4 is 10.1 Å². The van der Waals surface area contributed by atoms with Crippen molar-refractivity contribution in [1.29, 1.82) is 0 Å². The Balaban J connectivity index is 2.24. The Labute approximate surface area is 113 Å². The molecular formula is C14H19N3O2. The van der Waals surface area contributed by atoms with E-state index in [2.05, 4.69) is 22.4 Å². The van der Waals surface area contributed by atoms with Crippen molar-refractivity contribution in [2.24, 2.45) is 0 Å². The highest BCUT2D eigenvalue weighted by Gasteiger charge is 2.16. The maximum atomic E-state index is 5.47. The monoisotopic (exact) mass is 261 g/mol. The minimum Gasteiger partial charge on any atom is -0.494 e. The van der Waals surface area contributed by atoms with Crippen LogP contribution in [0.5, 0.6) is 5.75 Å². The van der Waals surface area contributed by atoms with Gasteiger partial charge in [0.1, 0.15) is 5.75 Å². The Morgan fingerprint density at radius 1 is 1.37 bits per heavy atom. The van der Waals surface area contributed by atoms with E-state index in [-0.39, 0.29) is 6.04 Å². The minimum absolute atomic E-state index is 0.0938. The molecule has 0 saturated heterocycles. The predicted molar refractivity (Wildman–Crippen MR) is 73.0 cm³/mol. The third-order valence-electron chi connectivity index (χ3n) is 2.90. The third kappa shape index (κ3) is 3.12. The molecule has 0 saturated carbocycles. The summed E-state index contributed by atoms with van der Waals surface area (Å²) in [6.45, 7) is 4.66. The van der Waals surface area contributed by atoms with Gasteiger partial charge in [0.25, 0.3) is 0 Å². The Morgan fingerprint density at radius 2 is 2.21 bits per heavy atom. The van der Waals surface area contributed by atoms with Gasteiger partial charge in [0.05, 0.1) is 12.6 Å². The second-order valence-electron chi connectivity index (χ2n) is 4.17. The Hall–Kier alpha value is -1.88. The molecule has 102 valence electrons. The predicted octanol–water partition coefficient (Wildman–Crippen LogP) is 2.81. The van der Waals surface area contributed by atoms with Gasteiger partial charge < -0.3 is 14.6 Å². The number of benzene rings is 1. The summed E-state index contributed by atoms with van der Waals surface area (Å²) in [5.74, 6) is 2.01. The summed E-state index contributed by atoms with van der Waals surface area (Å²) in [5.41, 5.74) is 0.895. The van der Waals surface area contributed by atoms with Gasteiger partial charge in [-0.2, -0.15) is 4.98 Å². The van der Waals surface area contributed by atoms with E-state index in [1.165, 1.54) is 0 Å². The van der Waals surface area contributed by atoms with E-state index >= 15 is 0 Å². The van der Waals surface area contributed by atoms with E-state index in [4.69, 9.17) is 9.26 Å². The average Bonchev–Trinajstić information content (AvgIpc) is 2.91. The maximum absolute atomic E-state index is 5.47. The van der Waals surface area contributed by atoms with Crippen LogP contribution >= 0.6 is 0 Å². The van der Waals surface area contributed by atoms with Crippen molar-refractivity contribution in [3.05, 3.63) is 30.2 Å². The molecule has 0 aliphatic carbocycles. The SMILES string of the molecule is CCOc1cccc(-c2noc(C(CC)NC)n2)c1. The lowest BCUT2D eigenvalue weighted by atomic mass is 10.2. The van der Waals surface area contributed by atoms with Crippen LogP contribution in [0, 0.1) is 0 Å². The highest BCUT2D eigenvalue weighted by Crippen LogP contribution is 2.23. The molecule has 1 heterocycles. The molecule has 0 bridgehead atoms. The molecule has 5 heteroatoms. The number of hydrogen-bond acceptors (Lipinski definition) is 5. The van der Waals surface area contributed by atoms with Gasteiger partial charge >= 0.3 is 0 Å². The number of nitrogens with zero attached hydrogens (tertiary/aromatic N) is 2. The van der Waals surface area contributed by atoms with E-state index in [0.717, 1.165) is 17.7 Å². The lowest BCUT2D eigenvalue weighted by Crippen LogP contribution is -2.15. The standard InChI is InChI=1S/C14H19N3O2/c1-4-12(15-3)14-16-13(17-19-14)10-7-6-8-11(9-10)18-5-2/h6-9,12,15H,4-5H2,1-3H3. The normalized spacial score (nSPS) is 12.4. The van der Waals surface area contributed by atoms with Gasteiger partial charge in [-0.3, -0.25) is 0 Å². The van der Waals surface area contributed by atoms with Crippen molar-refractivity contribution in [3.63, 3.8) is 0 Å². The summed E-state index contributed by atoms with van der Waals surface area (Å²) in [7, 11) is 1.88. The molecule has 2 aromatic rings. The van der Waals surface area contributed by atoms with Gasteiger partial charge in [0.2, 0.25) is 11.7 Å². The van der Waals surface area contributed by atoms with Gasteiger partial charge in [-0.05, 0) is 32.5 Å². The first-order chi connectivity index (χ1) is 9.28. The molecule has 19 heavy (non-hydrogen) atoms. The summed E-state index contributed by atoms with van der Waals surface area (Å²) in [6, 6.07) is 7.79. The smallest absolute Gasteiger partial charge is 0.244 e. The van der Waals surface area contributed by atoms with E-state index in [0.29, 0.717) is 18.3 Å². The fourth-order valence-electron chi connectivity index (χ4n) is 1.89. The minimum atomic E-state index is 0.0938. The summed E-state index contributed by atoms with van der Waals surface area (Å²) in [4.78, 5) is 4.43. The van der Waals surface area contributed by atoms with Crippen molar-refractivity contribution in [1.82, 2.24) is 15.5 Å². The molecule has 0 radical (unpaired) electrons. The average molecular weight is 261 g/mol. The number of ether oxygens (including phenoxy) is 1. The molecule has 0 aliphatic rings. The van der Waals surface area contributed by atoms with Crippen LogP contribution in [0.2, 0.25) is 0 Å². The molecule has 0 aliphatic heterocycles. The number of hydrogen-bond donors (Lipinski definition) is 1. The van der Waals surface area contributed by atoms with Crippen molar-refractivity contribution in [3.8, 4) is 17.1 Å². The first-order valence-corrected chi connectivity index (χ1v) is 6.52. The van der Waals surface area contributed by atoms with Crippen LogP contribution in [0.1, 0.15) is 32.2 Å². The van der Waals surface area contributed by atoms with E-state index in [9.17, 15) is 0 Å². The van der Waals surface area contributed by atoms with E-state index in [1.807, 2.05) is 38.2 Å². The molecule has 1 N–H and O–H groups in total. The second-order valence-corrected chi connectivity index (χ2v) is 4.17. The van der Waals surface area contributed by atoms with Crippen LogP contribution in [0.25, 0.3) is 11.4 Å². The lowest BCUT2D eigenvalue weighted by molar-refractivity contribution is 0.334. The Kier molecular flexibility index (Phi) is 4.52. The number of rotatable bonds is 6. The summed E-state index contributed by atoms with van der Waals surface area (Å²) in [5, 5.41) is 7.17. The fourth-order valence-corrected chi connectivity index (χ4v) is 1.89. The molecule has 1 unspecified atom stereocenters. The summed E-state index contributed by atoms with van der Waals surface area (Å²) >= 11 is 0. The first-order valence-electron chi connectivity index (χ1n) is 6.52. The molecular weight excluding hydrogens is 242 g/mol. The van der Waals surface area contributed by atoms with Crippen molar-refractivity contribution < 1.29 is 9.26 Å². The van der Waals surface area contributed by atoms with Gasteiger partial charge in [0, 0.05) is 5.56 Å². The van der Waals surface area contributed by atoms with E-state index < -0.39 is 0 Å². The molecule has 5 nitrogen and oxygen atoms in total. The van der Waals surface area contributed by atoms with Crippen LogP contribution in [-0.4, -0.2) is 23.8 Å². The maximum Gasteiger partial charge on any atom is 0.244 e. The van der Waals surface area contributed by atoms with Crippen LogP contribution in [0.3, 0.4) is 0 Å². The largest absolute Gasteiger partial charge is 0.494 e. The molecule has 0 spiro atoms. The number of aromatic nitrogens is 2. The van der Waals surface area contributed by atoms with Gasteiger partial charge in [-0.25, -0.2) is 0 Å². The third-order valence-corrected chi connectivity index (χ3v) is 2.90. The first kappa shape index (κ1) is 13.5. The molecule has 0 amide bonds. The van der Waals surface area contributed by atoms with Crippen LogP contribution in [0.4, 0.5) is 0 Å². The molecule has 1 atom stereocenters.